The SMILES string of the molecule is COc1cc(OCc2cccnc2)ccc1C=Cc1cc(C=Cc2ccc3cc[nH]c3c2)n[nH]1. The van der Waals surface area contributed by atoms with Crippen molar-refractivity contribution in [3.05, 3.63) is 107 Å². The number of aromatic nitrogens is 4. The van der Waals surface area contributed by atoms with Crippen molar-refractivity contribution in [1.29, 1.82) is 0 Å². The average molecular weight is 449 g/mol. The number of hydrogen-bond donors (Lipinski definition) is 2. The van der Waals surface area contributed by atoms with Crippen LogP contribution in [0.1, 0.15) is 28.1 Å². The summed E-state index contributed by atoms with van der Waals surface area (Å²) in [5, 5.41) is 8.64. The molecule has 3 aromatic heterocycles. The highest BCUT2D eigenvalue weighted by atomic mass is 16.5. The van der Waals surface area contributed by atoms with Crippen molar-refractivity contribution in [3.8, 4) is 11.5 Å². The predicted octanol–water partition coefficient (Wildman–Crippen LogP) is 6.21. The van der Waals surface area contributed by atoms with E-state index in [2.05, 4.69) is 50.5 Å². The van der Waals surface area contributed by atoms with E-state index in [0.717, 1.165) is 45.1 Å². The van der Waals surface area contributed by atoms with Crippen LogP contribution in [-0.2, 0) is 6.61 Å². The first-order valence-corrected chi connectivity index (χ1v) is 11.0. The summed E-state index contributed by atoms with van der Waals surface area (Å²) >= 11 is 0. The van der Waals surface area contributed by atoms with E-state index < -0.39 is 0 Å². The number of methoxy groups -OCH3 is 1. The summed E-state index contributed by atoms with van der Waals surface area (Å²) in [6, 6.07) is 20.0. The zero-order valence-electron chi connectivity index (χ0n) is 18.7. The molecule has 6 heteroatoms. The minimum absolute atomic E-state index is 0.454. The van der Waals surface area contributed by atoms with Gasteiger partial charge in [0.25, 0.3) is 0 Å². The Balaban J connectivity index is 1.24. The summed E-state index contributed by atoms with van der Waals surface area (Å²) in [6.45, 7) is 0.454. The molecule has 5 rings (SSSR count). The summed E-state index contributed by atoms with van der Waals surface area (Å²) in [6.07, 6.45) is 13.5. The lowest BCUT2D eigenvalue weighted by Crippen LogP contribution is -1.96. The Morgan fingerprint density at radius 3 is 2.79 bits per heavy atom. The molecule has 168 valence electrons. The van der Waals surface area contributed by atoms with Crippen LogP contribution in [0.3, 0.4) is 0 Å². The van der Waals surface area contributed by atoms with Gasteiger partial charge in [0.1, 0.15) is 18.1 Å². The quantitative estimate of drug-likeness (QED) is 0.296. The van der Waals surface area contributed by atoms with Crippen LogP contribution in [0.4, 0.5) is 0 Å². The predicted molar refractivity (Wildman–Crippen MR) is 136 cm³/mol. The highest BCUT2D eigenvalue weighted by molar-refractivity contribution is 5.83. The largest absolute Gasteiger partial charge is 0.496 e. The number of ether oxygens (including phenoxy) is 2. The molecule has 0 saturated heterocycles. The summed E-state index contributed by atoms with van der Waals surface area (Å²) in [5.74, 6) is 1.48. The number of nitrogens with zero attached hydrogens (tertiary/aromatic N) is 2. The first-order chi connectivity index (χ1) is 16.8. The smallest absolute Gasteiger partial charge is 0.129 e. The van der Waals surface area contributed by atoms with Crippen LogP contribution in [0.2, 0.25) is 0 Å². The molecule has 0 aliphatic heterocycles. The van der Waals surface area contributed by atoms with Gasteiger partial charge >= 0.3 is 0 Å². The molecule has 0 unspecified atom stereocenters. The van der Waals surface area contributed by atoms with Gasteiger partial charge in [-0.3, -0.25) is 10.1 Å². The van der Waals surface area contributed by atoms with Gasteiger partial charge in [-0.2, -0.15) is 5.10 Å². The van der Waals surface area contributed by atoms with E-state index in [1.165, 1.54) is 5.39 Å². The fourth-order valence-corrected chi connectivity index (χ4v) is 3.62. The number of pyridine rings is 1. The van der Waals surface area contributed by atoms with E-state index in [1.807, 2.05) is 60.8 Å². The maximum absolute atomic E-state index is 5.87. The van der Waals surface area contributed by atoms with Gasteiger partial charge in [-0.05, 0) is 65.6 Å². The summed E-state index contributed by atoms with van der Waals surface area (Å²) in [4.78, 5) is 7.34. The summed E-state index contributed by atoms with van der Waals surface area (Å²) < 4.78 is 11.4. The number of fused-ring (bicyclic) bond motifs is 1. The molecule has 0 fully saturated rings. The van der Waals surface area contributed by atoms with Gasteiger partial charge in [0.15, 0.2) is 0 Å². The monoisotopic (exact) mass is 448 g/mol. The van der Waals surface area contributed by atoms with Crippen LogP contribution < -0.4 is 9.47 Å². The molecule has 2 aromatic carbocycles. The third kappa shape index (κ3) is 5.07. The van der Waals surface area contributed by atoms with Crippen LogP contribution in [0.25, 0.3) is 35.2 Å². The number of rotatable bonds is 8. The molecule has 2 N–H and O–H groups in total. The Labute approximate surface area is 197 Å². The molecule has 0 saturated carbocycles. The molecule has 3 heterocycles. The third-order valence-electron chi connectivity index (χ3n) is 5.42. The maximum atomic E-state index is 5.87. The summed E-state index contributed by atoms with van der Waals surface area (Å²) in [5.41, 5.74) is 5.96. The van der Waals surface area contributed by atoms with Gasteiger partial charge in [0.05, 0.1) is 18.5 Å². The van der Waals surface area contributed by atoms with E-state index in [-0.39, 0.29) is 0 Å². The van der Waals surface area contributed by atoms with E-state index in [1.54, 1.807) is 19.5 Å². The number of nitrogens with one attached hydrogen (secondary N) is 2. The Hall–Kier alpha value is -4.58. The standard InChI is InChI=1S/C28H24N4O2/c1-33-28-17-26(34-19-21-3-2-13-29-18-21)11-8-23(28)7-10-25-16-24(31-32-25)9-5-20-4-6-22-12-14-30-27(22)15-20/h2-18,30H,19H2,1H3,(H,31,32). The van der Waals surface area contributed by atoms with Crippen molar-refractivity contribution in [2.75, 3.05) is 7.11 Å². The lowest BCUT2D eigenvalue weighted by atomic mass is 10.1. The lowest BCUT2D eigenvalue weighted by molar-refractivity contribution is 0.303. The molecule has 0 atom stereocenters. The van der Waals surface area contributed by atoms with Gasteiger partial charge in [-0.15, -0.1) is 0 Å². The number of hydrogen-bond acceptors (Lipinski definition) is 4. The van der Waals surface area contributed by atoms with E-state index in [9.17, 15) is 0 Å². The molecule has 34 heavy (non-hydrogen) atoms. The van der Waals surface area contributed by atoms with Crippen molar-refractivity contribution in [2.45, 2.75) is 6.61 Å². The topological polar surface area (TPSA) is 75.8 Å². The van der Waals surface area contributed by atoms with Crippen LogP contribution >= 0.6 is 0 Å². The molecule has 0 aliphatic rings. The van der Waals surface area contributed by atoms with Crippen molar-refractivity contribution in [1.82, 2.24) is 20.2 Å². The van der Waals surface area contributed by atoms with Gasteiger partial charge < -0.3 is 14.5 Å². The van der Waals surface area contributed by atoms with Gasteiger partial charge in [0.2, 0.25) is 0 Å². The van der Waals surface area contributed by atoms with Gasteiger partial charge in [-0.25, -0.2) is 0 Å². The van der Waals surface area contributed by atoms with Gasteiger partial charge in [-0.1, -0.05) is 24.3 Å². The molecule has 0 aliphatic carbocycles. The minimum atomic E-state index is 0.454. The second-order valence-corrected chi connectivity index (χ2v) is 7.79. The Kier molecular flexibility index (Phi) is 6.21. The molecular formula is C28H24N4O2. The molecule has 0 amide bonds. The van der Waals surface area contributed by atoms with Crippen LogP contribution in [-0.4, -0.2) is 27.3 Å². The van der Waals surface area contributed by atoms with Crippen molar-refractivity contribution in [2.24, 2.45) is 0 Å². The first kappa shape index (κ1) is 21.3. The Bertz CT molecular complexity index is 1450. The van der Waals surface area contributed by atoms with Crippen LogP contribution in [0.5, 0.6) is 11.5 Å². The van der Waals surface area contributed by atoms with Crippen LogP contribution in [0.15, 0.2) is 79.3 Å². The van der Waals surface area contributed by atoms with E-state index >= 15 is 0 Å². The summed E-state index contributed by atoms with van der Waals surface area (Å²) in [7, 11) is 1.65. The Morgan fingerprint density at radius 2 is 1.91 bits per heavy atom. The van der Waals surface area contributed by atoms with Crippen molar-refractivity contribution >= 4 is 35.2 Å². The number of aromatic amines is 2. The maximum Gasteiger partial charge on any atom is 0.129 e. The molecular weight excluding hydrogens is 424 g/mol. The fourth-order valence-electron chi connectivity index (χ4n) is 3.62. The molecule has 5 aromatic rings. The van der Waals surface area contributed by atoms with E-state index in [0.29, 0.717) is 6.61 Å². The molecule has 0 radical (unpaired) electrons. The molecule has 6 nitrogen and oxygen atoms in total. The number of H-pyrrole nitrogens is 2. The Morgan fingerprint density at radius 1 is 0.941 bits per heavy atom. The normalized spacial score (nSPS) is 11.6. The first-order valence-electron chi connectivity index (χ1n) is 11.0. The van der Waals surface area contributed by atoms with E-state index in [4.69, 9.17) is 9.47 Å². The average Bonchev–Trinajstić information content (AvgIpc) is 3.55. The van der Waals surface area contributed by atoms with Crippen molar-refractivity contribution < 1.29 is 9.47 Å². The zero-order valence-corrected chi connectivity index (χ0v) is 18.7. The van der Waals surface area contributed by atoms with Gasteiger partial charge in [0, 0.05) is 41.3 Å². The van der Waals surface area contributed by atoms with Crippen LogP contribution in [0, 0.1) is 0 Å². The molecule has 0 spiro atoms. The minimum Gasteiger partial charge on any atom is -0.496 e. The highest BCUT2D eigenvalue weighted by Gasteiger charge is 2.04. The van der Waals surface area contributed by atoms with Crippen molar-refractivity contribution in [3.63, 3.8) is 0 Å². The fraction of sp³-hybridized carbons (Fsp3) is 0.0714. The highest BCUT2D eigenvalue weighted by Crippen LogP contribution is 2.27. The molecule has 0 bridgehead atoms. The second kappa shape index (κ2) is 9.92. The lowest BCUT2D eigenvalue weighted by Gasteiger charge is -2.10. The third-order valence-corrected chi connectivity index (χ3v) is 5.42. The number of benzene rings is 2. The second-order valence-electron chi connectivity index (χ2n) is 7.79. The zero-order chi connectivity index (χ0) is 23.2.